The summed E-state index contributed by atoms with van der Waals surface area (Å²) < 4.78 is 0. The molecule has 0 amide bonds. The second kappa shape index (κ2) is 18.6. The Kier molecular flexibility index (Phi) is 15.8. The summed E-state index contributed by atoms with van der Waals surface area (Å²) in [5, 5.41) is 7.58. The van der Waals surface area contributed by atoms with Gasteiger partial charge in [-0.15, -0.1) is 0 Å². The number of unbranched alkanes of at least 4 members (excludes halogenated alkanes) is 6. The predicted molar refractivity (Wildman–Crippen MR) is 159 cm³/mol. The first-order valence-electron chi connectivity index (χ1n) is 14.6. The minimum absolute atomic E-state index is 0.596. The minimum Gasteiger partial charge on any atom is -0.382 e. The van der Waals surface area contributed by atoms with E-state index >= 15 is 0 Å². The fourth-order valence-electron chi connectivity index (χ4n) is 4.76. The van der Waals surface area contributed by atoms with Gasteiger partial charge >= 0.3 is 0 Å². The topological polar surface area (TPSA) is 24.1 Å². The van der Waals surface area contributed by atoms with Crippen molar-refractivity contribution in [2.75, 3.05) is 10.6 Å². The number of benzene rings is 2. The Labute approximate surface area is 221 Å². The van der Waals surface area contributed by atoms with Gasteiger partial charge in [0.05, 0.1) is 0 Å². The highest BCUT2D eigenvalue weighted by atomic mass is 32.2. The fraction of sp³-hybridized carbons (Fsp3) is 0.625. The number of hydrogen-bond donors (Lipinski definition) is 2. The summed E-state index contributed by atoms with van der Waals surface area (Å²) >= 11 is 1.85. The van der Waals surface area contributed by atoms with E-state index in [9.17, 15) is 0 Å². The van der Waals surface area contributed by atoms with Gasteiger partial charge < -0.3 is 10.6 Å². The molecular formula is C32H52N2S. The molecule has 3 heteroatoms. The van der Waals surface area contributed by atoms with Crippen LogP contribution < -0.4 is 10.6 Å². The number of rotatable bonds is 20. The summed E-state index contributed by atoms with van der Waals surface area (Å²) in [6.07, 6.45) is 18.3. The van der Waals surface area contributed by atoms with Crippen molar-refractivity contribution in [2.45, 2.75) is 139 Å². The third-order valence-corrected chi connectivity index (χ3v) is 7.79. The van der Waals surface area contributed by atoms with Crippen molar-refractivity contribution in [1.82, 2.24) is 0 Å². The van der Waals surface area contributed by atoms with Gasteiger partial charge in [-0.1, -0.05) is 104 Å². The number of nitrogens with one attached hydrogen (secondary N) is 2. The average Bonchev–Trinajstić information content (AvgIpc) is 2.87. The molecule has 0 saturated carbocycles. The lowest BCUT2D eigenvalue weighted by molar-refractivity contribution is 0.541. The summed E-state index contributed by atoms with van der Waals surface area (Å²) in [7, 11) is 0. The molecule has 0 aliphatic heterocycles. The Balaban J connectivity index is 1.84. The largest absolute Gasteiger partial charge is 0.382 e. The van der Waals surface area contributed by atoms with Crippen molar-refractivity contribution in [3.63, 3.8) is 0 Å². The van der Waals surface area contributed by atoms with Crippen LogP contribution in [0.15, 0.2) is 58.3 Å². The van der Waals surface area contributed by atoms with E-state index in [0.29, 0.717) is 12.1 Å². The molecule has 2 N–H and O–H groups in total. The van der Waals surface area contributed by atoms with Crippen LogP contribution in [0.1, 0.15) is 118 Å². The van der Waals surface area contributed by atoms with Gasteiger partial charge in [-0.3, -0.25) is 0 Å². The monoisotopic (exact) mass is 496 g/mol. The lowest BCUT2D eigenvalue weighted by atomic mass is 10.0. The molecule has 0 spiro atoms. The highest BCUT2D eigenvalue weighted by molar-refractivity contribution is 7.99. The third kappa shape index (κ3) is 12.8. The summed E-state index contributed by atoms with van der Waals surface area (Å²) in [5.41, 5.74) is 2.51. The minimum atomic E-state index is 0.596. The van der Waals surface area contributed by atoms with E-state index in [2.05, 4.69) is 86.9 Å². The maximum atomic E-state index is 3.79. The molecule has 0 fully saturated rings. The van der Waals surface area contributed by atoms with Crippen LogP contribution in [0.25, 0.3) is 0 Å². The van der Waals surface area contributed by atoms with Crippen molar-refractivity contribution in [3.05, 3.63) is 48.5 Å². The van der Waals surface area contributed by atoms with Crippen molar-refractivity contribution >= 4 is 23.1 Å². The molecule has 2 aromatic carbocycles. The molecule has 2 atom stereocenters. The quantitative estimate of drug-likeness (QED) is 0.178. The zero-order valence-electron chi connectivity index (χ0n) is 23.1. The number of hydrogen-bond acceptors (Lipinski definition) is 3. The Bertz CT molecular complexity index is 691. The van der Waals surface area contributed by atoms with Crippen molar-refractivity contribution in [2.24, 2.45) is 0 Å². The maximum Gasteiger partial charge on any atom is 0.0343 e. The summed E-state index contributed by atoms with van der Waals surface area (Å²) in [6.45, 7) is 9.15. The average molecular weight is 497 g/mol. The van der Waals surface area contributed by atoms with Gasteiger partial charge in [0.2, 0.25) is 0 Å². The Morgan fingerprint density at radius 1 is 0.486 bits per heavy atom. The van der Waals surface area contributed by atoms with E-state index in [0.717, 1.165) is 0 Å². The van der Waals surface area contributed by atoms with Gasteiger partial charge in [-0.05, 0) is 74.2 Å². The van der Waals surface area contributed by atoms with Crippen molar-refractivity contribution < 1.29 is 0 Å². The Hall–Kier alpha value is -1.61. The third-order valence-electron chi connectivity index (χ3n) is 6.77. The van der Waals surface area contributed by atoms with E-state index < -0.39 is 0 Å². The first kappa shape index (κ1) is 29.6. The van der Waals surface area contributed by atoms with Crippen LogP contribution in [0.3, 0.4) is 0 Å². The standard InChI is InChI=1S/C32H52N2S/c1-5-9-11-13-17-27(15-7-3)33-29-19-23-31(24-20-29)35-32-25-21-30(22-26-32)34-28(16-8-4)18-14-12-10-6-2/h19-28,33-34H,5-18H2,1-4H3. The zero-order valence-corrected chi connectivity index (χ0v) is 23.9. The van der Waals surface area contributed by atoms with Crippen LogP contribution in [0.5, 0.6) is 0 Å². The summed E-state index contributed by atoms with van der Waals surface area (Å²) in [6, 6.07) is 19.2. The second-order valence-corrected chi connectivity index (χ2v) is 11.3. The first-order chi connectivity index (χ1) is 17.2. The summed E-state index contributed by atoms with van der Waals surface area (Å²) in [5.74, 6) is 0. The molecule has 0 aliphatic carbocycles. The molecule has 35 heavy (non-hydrogen) atoms. The number of anilines is 2. The van der Waals surface area contributed by atoms with Crippen LogP contribution in [0.2, 0.25) is 0 Å². The van der Waals surface area contributed by atoms with E-state index in [1.807, 2.05) is 11.8 Å². The normalized spacial score (nSPS) is 12.9. The van der Waals surface area contributed by atoms with E-state index in [4.69, 9.17) is 0 Å². The molecule has 0 aromatic heterocycles. The van der Waals surface area contributed by atoms with Gasteiger partial charge in [0.15, 0.2) is 0 Å². The Morgan fingerprint density at radius 2 is 0.886 bits per heavy atom. The van der Waals surface area contributed by atoms with Gasteiger partial charge in [-0.25, -0.2) is 0 Å². The molecule has 0 heterocycles. The highest BCUT2D eigenvalue weighted by Gasteiger charge is 2.09. The van der Waals surface area contributed by atoms with Gasteiger partial charge in [0.1, 0.15) is 0 Å². The maximum absolute atomic E-state index is 3.79. The van der Waals surface area contributed by atoms with Crippen LogP contribution in [0, 0.1) is 0 Å². The van der Waals surface area contributed by atoms with Crippen molar-refractivity contribution in [1.29, 1.82) is 0 Å². The molecule has 2 unspecified atom stereocenters. The van der Waals surface area contributed by atoms with Gasteiger partial charge in [-0.2, -0.15) is 0 Å². The predicted octanol–water partition coefficient (Wildman–Crippen LogP) is 10.9. The van der Waals surface area contributed by atoms with Crippen molar-refractivity contribution in [3.8, 4) is 0 Å². The zero-order chi connectivity index (χ0) is 25.1. The van der Waals surface area contributed by atoms with Crippen LogP contribution in [-0.4, -0.2) is 12.1 Å². The van der Waals surface area contributed by atoms with Gasteiger partial charge in [0, 0.05) is 33.2 Å². The smallest absolute Gasteiger partial charge is 0.0343 e. The van der Waals surface area contributed by atoms with E-state index in [1.165, 1.54) is 111 Å². The molecule has 0 aliphatic rings. The van der Waals surface area contributed by atoms with Crippen LogP contribution in [0.4, 0.5) is 11.4 Å². The lowest BCUT2D eigenvalue weighted by Gasteiger charge is -2.20. The molecule has 2 rings (SSSR count). The lowest BCUT2D eigenvalue weighted by Crippen LogP contribution is -2.19. The molecule has 0 bridgehead atoms. The van der Waals surface area contributed by atoms with E-state index in [1.54, 1.807) is 0 Å². The molecule has 2 nitrogen and oxygen atoms in total. The molecule has 2 aromatic rings. The van der Waals surface area contributed by atoms with Crippen LogP contribution >= 0.6 is 11.8 Å². The van der Waals surface area contributed by atoms with Gasteiger partial charge in [0.25, 0.3) is 0 Å². The first-order valence-corrected chi connectivity index (χ1v) is 15.4. The summed E-state index contributed by atoms with van der Waals surface area (Å²) in [4.78, 5) is 2.59. The Morgan fingerprint density at radius 3 is 1.23 bits per heavy atom. The molecular weight excluding hydrogens is 444 g/mol. The SMILES string of the molecule is CCCCCCC(CCC)Nc1ccc(Sc2ccc(NC(CCC)CCCCCC)cc2)cc1. The van der Waals surface area contributed by atoms with E-state index in [-0.39, 0.29) is 0 Å². The molecule has 0 saturated heterocycles. The highest BCUT2D eigenvalue weighted by Crippen LogP contribution is 2.30. The second-order valence-electron chi connectivity index (χ2n) is 10.1. The van der Waals surface area contributed by atoms with Crippen LogP contribution in [-0.2, 0) is 0 Å². The molecule has 196 valence electrons. The molecule has 0 radical (unpaired) electrons. The fourth-order valence-corrected chi connectivity index (χ4v) is 5.57.